The molecule has 106 valence electrons. The predicted molar refractivity (Wildman–Crippen MR) is 78.9 cm³/mol. The van der Waals surface area contributed by atoms with Crippen molar-refractivity contribution in [3.8, 4) is 0 Å². The quantitative estimate of drug-likeness (QED) is 0.786. The molecule has 1 atom stereocenters. The van der Waals surface area contributed by atoms with Crippen LogP contribution in [0.15, 0.2) is 16.6 Å². The monoisotopic (exact) mass is 282 g/mol. The van der Waals surface area contributed by atoms with Gasteiger partial charge in [-0.3, -0.25) is 0 Å². The fourth-order valence-corrected chi connectivity index (χ4v) is 3.01. The standard InChI is InChI=1S/C14H22N2O2S/c1-10(2)15-8-11(17)9-18-16-13-4-3-5-14-12(13)6-7-19-14/h6-7,10-11,15,17H,3-5,8-9H2,1-2H3/b16-13-. The number of aryl methyl sites for hydroxylation is 1. The molecule has 2 rings (SSSR count). The van der Waals surface area contributed by atoms with Crippen molar-refractivity contribution >= 4 is 17.0 Å². The molecule has 1 aromatic heterocycles. The Morgan fingerprint density at radius 1 is 1.47 bits per heavy atom. The lowest BCUT2D eigenvalue weighted by Gasteiger charge is -2.15. The second-order valence-corrected chi connectivity index (χ2v) is 6.16. The van der Waals surface area contributed by atoms with Gasteiger partial charge in [-0.25, -0.2) is 0 Å². The Hall–Kier alpha value is -0.910. The van der Waals surface area contributed by atoms with Gasteiger partial charge < -0.3 is 15.3 Å². The Balaban J connectivity index is 1.81. The Labute approximate surface area is 118 Å². The third kappa shape index (κ3) is 4.30. The van der Waals surface area contributed by atoms with Crippen molar-refractivity contribution < 1.29 is 9.94 Å². The van der Waals surface area contributed by atoms with Crippen molar-refractivity contribution in [3.63, 3.8) is 0 Å². The first-order chi connectivity index (χ1) is 9.16. The molecule has 0 aliphatic heterocycles. The van der Waals surface area contributed by atoms with Crippen LogP contribution in [0, 0.1) is 0 Å². The predicted octanol–water partition coefficient (Wildman–Crippen LogP) is 2.16. The van der Waals surface area contributed by atoms with Gasteiger partial charge in [0.1, 0.15) is 12.7 Å². The lowest BCUT2D eigenvalue weighted by molar-refractivity contribution is 0.0392. The van der Waals surface area contributed by atoms with E-state index in [2.05, 4.69) is 21.9 Å². The number of thiophene rings is 1. The largest absolute Gasteiger partial charge is 0.393 e. The van der Waals surface area contributed by atoms with Gasteiger partial charge in [-0.1, -0.05) is 19.0 Å². The smallest absolute Gasteiger partial charge is 0.144 e. The van der Waals surface area contributed by atoms with E-state index in [9.17, 15) is 5.11 Å². The third-order valence-electron chi connectivity index (χ3n) is 3.08. The molecule has 2 N–H and O–H groups in total. The maximum absolute atomic E-state index is 9.73. The third-order valence-corrected chi connectivity index (χ3v) is 4.06. The van der Waals surface area contributed by atoms with E-state index >= 15 is 0 Å². The Bertz CT molecular complexity index is 429. The van der Waals surface area contributed by atoms with Crippen LogP contribution < -0.4 is 5.32 Å². The van der Waals surface area contributed by atoms with Crippen LogP contribution >= 0.6 is 11.3 Å². The molecule has 0 saturated heterocycles. The maximum atomic E-state index is 9.73. The van der Waals surface area contributed by atoms with Crippen LogP contribution in [-0.2, 0) is 11.3 Å². The zero-order valence-corrected chi connectivity index (χ0v) is 12.4. The van der Waals surface area contributed by atoms with Crippen molar-refractivity contribution in [1.82, 2.24) is 5.32 Å². The minimum absolute atomic E-state index is 0.239. The summed E-state index contributed by atoms with van der Waals surface area (Å²) in [4.78, 5) is 6.69. The molecule has 0 fully saturated rings. The molecule has 0 radical (unpaired) electrons. The summed E-state index contributed by atoms with van der Waals surface area (Å²) < 4.78 is 0. The zero-order valence-electron chi connectivity index (χ0n) is 11.6. The van der Waals surface area contributed by atoms with Crippen molar-refractivity contribution in [2.24, 2.45) is 5.16 Å². The maximum Gasteiger partial charge on any atom is 0.144 e. The minimum atomic E-state index is -0.516. The van der Waals surface area contributed by atoms with Gasteiger partial charge in [-0.15, -0.1) is 11.3 Å². The van der Waals surface area contributed by atoms with Crippen molar-refractivity contribution in [1.29, 1.82) is 0 Å². The van der Waals surface area contributed by atoms with Crippen LogP contribution in [-0.4, -0.2) is 36.1 Å². The molecule has 4 nitrogen and oxygen atoms in total. The van der Waals surface area contributed by atoms with Gasteiger partial charge in [0.25, 0.3) is 0 Å². The van der Waals surface area contributed by atoms with E-state index in [0.29, 0.717) is 12.6 Å². The molecule has 0 amide bonds. The first kappa shape index (κ1) is 14.5. The molecule has 0 bridgehead atoms. The lowest BCUT2D eigenvalue weighted by atomic mass is 9.97. The average molecular weight is 282 g/mol. The van der Waals surface area contributed by atoms with Crippen molar-refractivity contribution in [2.45, 2.75) is 45.3 Å². The molecular weight excluding hydrogens is 260 g/mol. The van der Waals surface area contributed by atoms with Crippen LogP contribution in [0.5, 0.6) is 0 Å². The summed E-state index contributed by atoms with van der Waals surface area (Å²) in [5.74, 6) is 0. The summed E-state index contributed by atoms with van der Waals surface area (Å²) in [7, 11) is 0. The number of hydrogen-bond acceptors (Lipinski definition) is 5. The highest BCUT2D eigenvalue weighted by Gasteiger charge is 2.17. The number of oxime groups is 1. The average Bonchev–Trinajstić information content (AvgIpc) is 2.85. The van der Waals surface area contributed by atoms with Crippen molar-refractivity contribution in [2.75, 3.05) is 13.2 Å². The summed E-state index contributed by atoms with van der Waals surface area (Å²) in [5.41, 5.74) is 2.25. The van der Waals surface area contributed by atoms with Crippen molar-refractivity contribution in [3.05, 3.63) is 21.9 Å². The Kier molecular flexibility index (Phi) is 5.36. The second-order valence-electron chi connectivity index (χ2n) is 5.16. The van der Waals surface area contributed by atoms with Gasteiger partial charge in [-0.05, 0) is 30.7 Å². The fourth-order valence-electron chi connectivity index (χ4n) is 2.07. The van der Waals surface area contributed by atoms with E-state index < -0.39 is 6.10 Å². The first-order valence-electron chi connectivity index (χ1n) is 6.84. The highest BCUT2D eigenvalue weighted by Crippen LogP contribution is 2.26. The number of fused-ring (bicyclic) bond motifs is 1. The van der Waals surface area contributed by atoms with Gasteiger partial charge in [0.05, 0.1) is 5.71 Å². The molecule has 1 aromatic rings. The van der Waals surface area contributed by atoms with E-state index in [1.54, 1.807) is 11.3 Å². The molecular formula is C14H22N2O2S. The van der Waals surface area contributed by atoms with E-state index in [4.69, 9.17) is 4.84 Å². The summed E-state index contributed by atoms with van der Waals surface area (Å²) >= 11 is 1.78. The van der Waals surface area contributed by atoms with Gasteiger partial charge in [-0.2, -0.15) is 0 Å². The van der Waals surface area contributed by atoms with Crippen LogP contribution in [0.4, 0.5) is 0 Å². The van der Waals surface area contributed by atoms with E-state index in [1.807, 2.05) is 13.8 Å². The Morgan fingerprint density at radius 3 is 3.11 bits per heavy atom. The lowest BCUT2D eigenvalue weighted by Crippen LogP contribution is -2.34. The second kappa shape index (κ2) is 7.03. The Morgan fingerprint density at radius 2 is 2.32 bits per heavy atom. The van der Waals surface area contributed by atoms with Gasteiger partial charge in [0, 0.05) is 23.0 Å². The normalized spacial score (nSPS) is 18.6. The number of aliphatic hydroxyl groups is 1. The molecule has 1 aliphatic rings. The number of rotatable bonds is 6. The zero-order chi connectivity index (χ0) is 13.7. The number of nitrogens with one attached hydrogen (secondary N) is 1. The van der Waals surface area contributed by atoms with Crippen LogP contribution in [0.2, 0.25) is 0 Å². The van der Waals surface area contributed by atoms with Crippen LogP contribution in [0.3, 0.4) is 0 Å². The van der Waals surface area contributed by atoms with E-state index in [0.717, 1.165) is 25.0 Å². The molecule has 0 spiro atoms. The van der Waals surface area contributed by atoms with Gasteiger partial charge in [0.2, 0.25) is 0 Å². The topological polar surface area (TPSA) is 53.8 Å². The molecule has 1 aliphatic carbocycles. The van der Waals surface area contributed by atoms with Gasteiger partial charge in [0.15, 0.2) is 0 Å². The number of nitrogens with zero attached hydrogens (tertiary/aromatic N) is 1. The fraction of sp³-hybridized carbons (Fsp3) is 0.643. The summed E-state index contributed by atoms with van der Waals surface area (Å²) in [6.45, 7) is 4.87. The summed E-state index contributed by atoms with van der Waals surface area (Å²) in [6.07, 6.45) is 2.72. The molecule has 0 aromatic carbocycles. The molecule has 1 heterocycles. The SMILES string of the molecule is CC(C)NCC(O)CO/N=C1/CCCc2sccc21. The number of hydrogen-bond donors (Lipinski definition) is 2. The highest BCUT2D eigenvalue weighted by molar-refractivity contribution is 7.10. The molecule has 19 heavy (non-hydrogen) atoms. The minimum Gasteiger partial charge on any atom is -0.393 e. The number of aliphatic hydroxyl groups excluding tert-OH is 1. The van der Waals surface area contributed by atoms with Crippen LogP contribution in [0.25, 0.3) is 0 Å². The van der Waals surface area contributed by atoms with E-state index in [1.165, 1.54) is 10.4 Å². The van der Waals surface area contributed by atoms with Gasteiger partial charge >= 0.3 is 0 Å². The molecule has 1 unspecified atom stereocenters. The summed E-state index contributed by atoms with van der Waals surface area (Å²) in [6, 6.07) is 2.48. The van der Waals surface area contributed by atoms with E-state index in [-0.39, 0.29) is 6.61 Å². The summed E-state index contributed by atoms with van der Waals surface area (Å²) in [5, 5.41) is 19.2. The van der Waals surface area contributed by atoms with Crippen LogP contribution in [0.1, 0.15) is 37.1 Å². The highest BCUT2D eigenvalue weighted by atomic mass is 32.1. The molecule has 0 saturated carbocycles. The molecule has 5 heteroatoms. The first-order valence-corrected chi connectivity index (χ1v) is 7.72.